The first-order valence-corrected chi connectivity index (χ1v) is 7.57. The van der Waals surface area contributed by atoms with Crippen LogP contribution in [-0.2, 0) is 38.1 Å². The topological polar surface area (TPSA) is 100 Å². The predicted molar refractivity (Wildman–Crippen MR) is 78.1 cm³/mol. The van der Waals surface area contributed by atoms with Crippen molar-refractivity contribution in [1.29, 1.82) is 0 Å². The lowest BCUT2D eigenvalue weighted by molar-refractivity contribution is -0.560. The molecule has 134 valence electrons. The van der Waals surface area contributed by atoms with E-state index in [0.717, 1.165) is 0 Å². The fourth-order valence-corrected chi connectivity index (χ4v) is 2.85. The minimum Gasteiger partial charge on any atom is -0.463 e. The summed E-state index contributed by atoms with van der Waals surface area (Å²) in [6.45, 7) is 5.36. The van der Waals surface area contributed by atoms with E-state index in [1.54, 1.807) is 18.5 Å². The van der Waals surface area contributed by atoms with Crippen LogP contribution in [0.2, 0.25) is 0 Å². The van der Waals surface area contributed by atoms with Crippen LogP contribution in [0.15, 0.2) is 0 Å². The van der Waals surface area contributed by atoms with Gasteiger partial charge in [-0.3, -0.25) is 14.4 Å². The smallest absolute Gasteiger partial charge is 0.335 e. The van der Waals surface area contributed by atoms with Crippen molar-refractivity contribution in [1.82, 2.24) is 0 Å². The lowest BCUT2D eigenvalue weighted by atomic mass is 9.96. The molecule has 2 heterocycles. The van der Waals surface area contributed by atoms with Crippen molar-refractivity contribution in [3.05, 3.63) is 0 Å². The Balaban J connectivity index is 2.32. The molecule has 0 N–H and O–H groups in total. The van der Waals surface area contributed by atoms with Crippen LogP contribution in [0.4, 0.5) is 0 Å². The number of esters is 3. The van der Waals surface area contributed by atoms with E-state index in [1.165, 1.54) is 20.8 Å². The Labute approximate surface area is 139 Å². The molecule has 0 amide bonds. The van der Waals surface area contributed by atoms with E-state index in [1.807, 2.05) is 0 Å². The lowest BCUT2D eigenvalue weighted by Crippen LogP contribution is -2.62. The molecular weight excluding hydrogens is 322 g/mol. The molecule has 9 nitrogen and oxygen atoms in total. The minimum atomic E-state index is -0.927. The molecule has 9 heteroatoms. The maximum Gasteiger partial charge on any atom is 0.335 e. The Hall–Kier alpha value is -2.16. The van der Waals surface area contributed by atoms with Gasteiger partial charge in [-0.15, -0.1) is 0 Å². The van der Waals surface area contributed by atoms with E-state index in [2.05, 4.69) is 0 Å². The summed E-state index contributed by atoms with van der Waals surface area (Å²) in [5.74, 6) is -1.01. The van der Waals surface area contributed by atoms with Gasteiger partial charge in [0.1, 0.15) is 19.8 Å². The molecule has 0 aliphatic carbocycles. The van der Waals surface area contributed by atoms with Crippen molar-refractivity contribution in [3.8, 4) is 0 Å². The molecule has 0 radical (unpaired) electrons. The zero-order valence-corrected chi connectivity index (χ0v) is 14.3. The summed E-state index contributed by atoms with van der Waals surface area (Å²) in [5.41, 5.74) is 0. The molecule has 0 spiro atoms. The van der Waals surface area contributed by atoms with Crippen LogP contribution in [-0.4, -0.2) is 72.7 Å². The monoisotopic (exact) mass is 344 g/mol. The van der Waals surface area contributed by atoms with E-state index in [0.29, 0.717) is 5.90 Å². The lowest BCUT2D eigenvalue weighted by Gasteiger charge is -2.39. The molecule has 5 atom stereocenters. The average molecular weight is 344 g/mol. The summed E-state index contributed by atoms with van der Waals surface area (Å²) in [6, 6.07) is -0.480. The van der Waals surface area contributed by atoms with Crippen LogP contribution in [0.3, 0.4) is 0 Å². The standard InChI is InChI=1S/C15H22NO8/c1-7-16(5)12-14(23-10(4)19)13(22-9(3)18)11(6-20-8(2)17)24-15(12)21-7/h11-15H,6H2,1-5H3/q+1/t11-,12-,13-,14-,15+/m1/s1. The highest BCUT2D eigenvalue weighted by Gasteiger charge is 2.59. The number of nitrogens with zero attached hydrogens (tertiary/aromatic N) is 1. The van der Waals surface area contributed by atoms with Crippen LogP contribution < -0.4 is 0 Å². The molecule has 2 aliphatic rings. The summed E-state index contributed by atoms with van der Waals surface area (Å²) in [7, 11) is 1.76. The Morgan fingerprint density at radius 2 is 1.62 bits per heavy atom. The average Bonchev–Trinajstić information content (AvgIpc) is 2.73. The van der Waals surface area contributed by atoms with Gasteiger partial charge in [0, 0.05) is 20.8 Å². The highest BCUT2D eigenvalue weighted by Crippen LogP contribution is 2.31. The van der Waals surface area contributed by atoms with Crippen molar-refractivity contribution in [2.45, 2.75) is 58.3 Å². The SMILES string of the molecule is CC(=O)OC[C@H]1O[C@@H]2OC(C)=[N+](C)[C@@H]2[C@@H](OC(C)=O)[C@@H]1OC(C)=O. The summed E-state index contributed by atoms with van der Waals surface area (Å²) >= 11 is 0. The number of carbonyl (C=O) groups is 3. The number of hydrogen-bond donors (Lipinski definition) is 0. The maximum absolute atomic E-state index is 11.5. The molecule has 0 unspecified atom stereocenters. The molecular formula is C15H22NO8+. The van der Waals surface area contributed by atoms with Crippen LogP contribution >= 0.6 is 0 Å². The number of carbonyl (C=O) groups excluding carboxylic acids is 3. The third-order valence-corrected chi connectivity index (χ3v) is 3.90. The van der Waals surface area contributed by atoms with Crippen LogP contribution in [0.25, 0.3) is 0 Å². The Morgan fingerprint density at radius 3 is 2.17 bits per heavy atom. The second-order valence-corrected chi connectivity index (χ2v) is 5.73. The minimum absolute atomic E-state index is 0.152. The van der Waals surface area contributed by atoms with Gasteiger partial charge in [0.15, 0.2) is 6.10 Å². The first-order chi connectivity index (χ1) is 11.2. The molecule has 0 bridgehead atoms. The second-order valence-electron chi connectivity index (χ2n) is 5.73. The second kappa shape index (κ2) is 7.16. The van der Waals surface area contributed by atoms with Gasteiger partial charge in [-0.05, 0) is 0 Å². The first kappa shape index (κ1) is 18.2. The largest absolute Gasteiger partial charge is 0.463 e. The van der Waals surface area contributed by atoms with Crippen LogP contribution in [0.5, 0.6) is 0 Å². The van der Waals surface area contributed by atoms with E-state index in [4.69, 9.17) is 23.7 Å². The van der Waals surface area contributed by atoms with Gasteiger partial charge >= 0.3 is 23.8 Å². The van der Waals surface area contributed by atoms with Crippen molar-refractivity contribution in [2.75, 3.05) is 13.7 Å². The van der Waals surface area contributed by atoms with Gasteiger partial charge in [-0.25, -0.2) is 0 Å². The fourth-order valence-electron chi connectivity index (χ4n) is 2.85. The number of likely N-dealkylation sites (N-methyl/N-ethyl adjacent to an activating group) is 1. The quantitative estimate of drug-likeness (QED) is 0.386. The Bertz CT molecular complexity index is 572. The summed E-state index contributed by atoms with van der Waals surface area (Å²) in [6.07, 6.45) is -3.30. The highest BCUT2D eigenvalue weighted by atomic mass is 16.7. The third kappa shape index (κ3) is 3.84. The zero-order chi connectivity index (χ0) is 18.0. The predicted octanol–water partition coefficient (Wildman–Crippen LogP) is -0.403. The van der Waals surface area contributed by atoms with E-state index in [-0.39, 0.29) is 6.61 Å². The van der Waals surface area contributed by atoms with Crippen molar-refractivity contribution in [2.24, 2.45) is 0 Å². The molecule has 0 aromatic rings. The number of fused-ring (bicyclic) bond motifs is 1. The van der Waals surface area contributed by atoms with Gasteiger partial charge in [0.05, 0.1) is 6.92 Å². The number of ether oxygens (including phenoxy) is 5. The van der Waals surface area contributed by atoms with Gasteiger partial charge in [0.25, 0.3) is 12.3 Å². The first-order valence-electron chi connectivity index (χ1n) is 7.57. The molecule has 1 saturated heterocycles. The molecule has 1 fully saturated rings. The highest BCUT2D eigenvalue weighted by molar-refractivity contribution is 5.70. The van der Waals surface area contributed by atoms with Crippen LogP contribution in [0.1, 0.15) is 27.7 Å². The summed E-state index contributed by atoms with van der Waals surface area (Å²) in [4.78, 5) is 34.1. The molecule has 0 saturated carbocycles. The van der Waals surface area contributed by atoms with Crippen LogP contribution in [0, 0.1) is 0 Å². The molecule has 2 rings (SSSR count). The Kier molecular flexibility index (Phi) is 5.43. The van der Waals surface area contributed by atoms with E-state index < -0.39 is 48.6 Å². The van der Waals surface area contributed by atoms with E-state index in [9.17, 15) is 14.4 Å². The maximum atomic E-state index is 11.5. The number of hydrogen-bond acceptors (Lipinski definition) is 8. The number of rotatable bonds is 4. The van der Waals surface area contributed by atoms with Crippen molar-refractivity contribution in [3.63, 3.8) is 0 Å². The molecule has 24 heavy (non-hydrogen) atoms. The van der Waals surface area contributed by atoms with Crippen molar-refractivity contribution < 1.29 is 42.6 Å². The molecule has 0 aromatic heterocycles. The summed E-state index contributed by atoms with van der Waals surface area (Å²) in [5, 5.41) is 0. The zero-order valence-electron chi connectivity index (χ0n) is 14.3. The molecule has 2 aliphatic heterocycles. The Morgan fingerprint density at radius 1 is 1.04 bits per heavy atom. The summed E-state index contributed by atoms with van der Waals surface area (Å²) < 4.78 is 28.9. The van der Waals surface area contributed by atoms with E-state index >= 15 is 0 Å². The van der Waals surface area contributed by atoms with Gasteiger partial charge in [-0.2, -0.15) is 4.58 Å². The normalized spacial score (nSPS) is 31.8. The van der Waals surface area contributed by atoms with Gasteiger partial charge < -0.3 is 23.7 Å². The van der Waals surface area contributed by atoms with Gasteiger partial charge in [-0.1, -0.05) is 0 Å². The fraction of sp³-hybridized carbons (Fsp3) is 0.733. The van der Waals surface area contributed by atoms with Gasteiger partial charge in [0.2, 0.25) is 6.10 Å². The van der Waals surface area contributed by atoms with Crippen molar-refractivity contribution >= 4 is 23.8 Å². The third-order valence-electron chi connectivity index (χ3n) is 3.90. The molecule has 0 aromatic carbocycles.